The van der Waals surface area contributed by atoms with Crippen LogP contribution in [-0.4, -0.2) is 41.7 Å². The van der Waals surface area contributed by atoms with E-state index in [2.05, 4.69) is 10.2 Å². The molecule has 1 saturated heterocycles. The molecule has 5 heteroatoms. The Morgan fingerprint density at radius 1 is 1.43 bits per heavy atom. The molecule has 4 N–H and O–H groups in total. The molecule has 0 radical (unpaired) electrons. The van der Waals surface area contributed by atoms with E-state index in [9.17, 15) is 9.90 Å². The first-order valence-electron chi connectivity index (χ1n) is 7.61. The Morgan fingerprint density at radius 3 is 2.86 bits per heavy atom. The van der Waals surface area contributed by atoms with E-state index in [1.807, 2.05) is 25.1 Å². The van der Waals surface area contributed by atoms with Crippen LogP contribution in [0.2, 0.25) is 0 Å². The number of nitrogens with one attached hydrogen (secondary N) is 1. The lowest BCUT2D eigenvalue weighted by Gasteiger charge is -2.29. The van der Waals surface area contributed by atoms with Gasteiger partial charge in [-0.05, 0) is 50.4 Å². The van der Waals surface area contributed by atoms with E-state index in [1.54, 1.807) is 0 Å². The zero-order valence-corrected chi connectivity index (χ0v) is 12.6. The fourth-order valence-electron chi connectivity index (χ4n) is 2.61. The first-order chi connectivity index (χ1) is 10.1. The van der Waals surface area contributed by atoms with Crippen molar-refractivity contribution in [2.45, 2.75) is 38.7 Å². The van der Waals surface area contributed by atoms with Crippen LogP contribution in [0.3, 0.4) is 0 Å². The van der Waals surface area contributed by atoms with Crippen molar-refractivity contribution in [2.75, 3.05) is 30.7 Å². The molecule has 1 amide bonds. The number of anilines is 2. The molecule has 1 fully saturated rings. The molecule has 21 heavy (non-hydrogen) atoms. The predicted octanol–water partition coefficient (Wildman–Crippen LogP) is 1.75. The maximum Gasteiger partial charge on any atom is 0.224 e. The second-order valence-electron chi connectivity index (χ2n) is 5.74. The molecule has 1 aliphatic heterocycles. The average Bonchev–Trinajstić information content (AvgIpc) is 2.46. The van der Waals surface area contributed by atoms with Crippen LogP contribution >= 0.6 is 0 Å². The van der Waals surface area contributed by atoms with E-state index in [0.29, 0.717) is 12.1 Å². The second kappa shape index (κ2) is 7.43. The highest BCUT2D eigenvalue weighted by Crippen LogP contribution is 2.20. The van der Waals surface area contributed by atoms with Crippen molar-refractivity contribution in [1.29, 1.82) is 0 Å². The third-order valence-corrected chi connectivity index (χ3v) is 4.09. The average molecular weight is 291 g/mol. The first kappa shape index (κ1) is 15.8. The van der Waals surface area contributed by atoms with Gasteiger partial charge in [-0.3, -0.25) is 4.79 Å². The topological polar surface area (TPSA) is 78.6 Å². The number of aliphatic hydroxyl groups is 1. The number of carbonyl (C=O) groups is 1. The Labute approximate surface area is 126 Å². The number of carbonyl (C=O) groups excluding carboxylic acids is 1. The number of amides is 1. The monoisotopic (exact) mass is 291 g/mol. The van der Waals surface area contributed by atoms with Gasteiger partial charge >= 0.3 is 0 Å². The lowest BCUT2D eigenvalue weighted by molar-refractivity contribution is -0.116. The van der Waals surface area contributed by atoms with E-state index in [1.165, 1.54) is 0 Å². The minimum absolute atomic E-state index is 0.0285. The Hall–Kier alpha value is -1.59. The molecule has 0 spiro atoms. The lowest BCUT2D eigenvalue weighted by atomic mass is 10.1. The number of rotatable bonds is 5. The van der Waals surface area contributed by atoms with Crippen LogP contribution in [0.1, 0.15) is 31.2 Å². The maximum absolute atomic E-state index is 12.0. The van der Waals surface area contributed by atoms with Gasteiger partial charge in [0.15, 0.2) is 0 Å². The van der Waals surface area contributed by atoms with E-state index >= 15 is 0 Å². The number of nitrogens with zero attached hydrogens (tertiary/aromatic N) is 1. The number of likely N-dealkylation sites (tertiary alicyclic amines) is 1. The highest BCUT2D eigenvalue weighted by Gasteiger charge is 2.16. The molecule has 0 unspecified atom stereocenters. The summed E-state index contributed by atoms with van der Waals surface area (Å²) >= 11 is 0. The Bertz CT molecular complexity index is 482. The van der Waals surface area contributed by atoms with Crippen LogP contribution in [0.25, 0.3) is 0 Å². The standard InChI is InChI=1S/C16H25N3O2/c1-12-14(17)4-2-5-15(12)18-16(21)6-3-9-19-10-7-13(20)8-11-19/h2,4-5,13,20H,3,6-11,17H2,1H3,(H,18,21). The number of benzene rings is 1. The highest BCUT2D eigenvalue weighted by atomic mass is 16.3. The van der Waals surface area contributed by atoms with Crippen LogP contribution in [0.5, 0.6) is 0 Å². The number of hydrogen-bond acceptors (Lipinski definition) is 4. The van der Waals surface area contributed by atoms with Gasteiger partial charge in [-0.15, -0.1) is 0 Å². The molecule has 5 nitrogen and oxygen atoms in total. The summed E-state index contributed by atoms with van der Waals surface area (Å²) in [6, 6.07) is 5.54. The Morgan fingerprint density at radius 2 is 2.14 bits per heavy atom. The van der Waals surface area contributed by atoms with Gasteiger partial charge in [0.25, 0.3) is 0 Å². The summed E-state index contributed by atoms with van der Waals surface area (Å²) in [7, 11) is 0. The zero-order valence-electron chi connectivity index (χ0n) is 12.6. The van der Waals surface area contributed by atoms with Gasteiger partial charge in [0, 0.05) is 30.9 Å². The molecular weight excluding hydrogens is 266 g/mol. The number of aliphatic hydroxyl groups excluding tert-OH is 1. The van der Waals surface area contributed by atoms with Gasteiger partial charge in [-0.2, -0.15) is 0 Å². The van der Waals surface area contributed by atoms with Crippen molar-refractivity contribution in [3.8, 4) is 0 Å². The predicted molar refractivity (Wildman–Crippen MR) is 85.1 cm³/mol. The van der Waals surface area contributed by atoms with Gasteiger partial charge < -0.3 is 21.1 Å². The molecule has 0 aliphatic carbocycles. The van der Waals surface area contributed by atoms with E-state index < -0.39 is 0 Å². The molecule has 1 aromatic rings. The molecule has 1 heterocycles. The molecule has 0 saturated carbocycles. The van der Waals surface area contributed by atoms with Crippen LogP contribution < -0.4 is 11.1 Å². The molecule has 0 atom stereocenters. The Kier molecular flexibility index (Phi) is 5.59. The number of nitrogens with two attached hydrogens (primary N) is 1. The van der Waals surface area contributed by atoms with Crippen molar-refractivity contribution < 1.29 is 9.90 Å². The van der Waals surface area contributed by atoms with Gasteiger partial charge in [-0.25, -0.2) is 0 Å². The third kappa shape index (κ3) is 4.72. The molecule has 2 rings (SSSR count). The summed E-state index contributed by atoms with van der Waals surface area (Å²) in [5.74, 6) is 0.0285. The van der Waals surface area contributed by atoms with Crippen LogP contribution in [-0.2, 0) is 4.79 Å². The lowest BCUT2D eigenvalue weighted by Crippen LogP contribution is -2.36. The molecule has 0 bridgehead atoms. The summed E-state index contributed by atoms with van der Waals surface area (Å²) in [5, 5.41) is 12.4. The molecule has 1 aromatic carbocycles. The smallest absolute Gasteiger partial charge is 0.224 e. The van der Waals surface area contributed by atoms with Crippen molar-refractivity contribution in [1.82, 2.24) is 4.90 Å². The van der Waals surface area contributed by atoms with Crippen LogP contribution in [0.15, 0.2) is 18.2 Å². The van der Waals surface area contributed by atoms with E-state index in [-0.39, 0.29) is 12.0 Å². The summed E-state index contributed by atoms with van der Waals surface area (Å²) < 4.78 is 0. The minimum atomic E-state index is -0.143. The summed E-state index contributed by atoms with van der Waals surface area (Å²) in [4.78, 5) is 14.3. The number of nitrogen functional groups attached to an aromatic ring is 1. The minimum Gasteiger partial charge on any atom is -0.398 e. The van der Waals surface area contributed by atoms with Crippen LogP contribution in [0.4, 0.5) is 11.4 Å². The van der Waals surface area contributed by atoms with Gasteiger partial charge in [0.05, 0.1) is 6.10 Å². The molecule has 0 aromatic heterocycles. The largest absolute Gasteiger partial charge is 0.398 e. The Balaban J connectivity index is 1.71. The second-order valence-corrected chi connectivity index (χ2v) is 5.74. The van der Waals surface area contributed by atoms with E-state index in [4.69, 9.17) is 5.73 Å². The van der Waals surface area contributed by atoms with Crippen LogP contribution in [0, 0.1) is 6.92 Å². The zero-order chi connectivity index (χ0) is 15.2. The quantitative estimate of drug-likeness (QED) is 0.722. The molecule has 1 aliphatic rings. The summed E-state index contributed by atoms with van der Waals surface area (Å²) in [5.41, 5.74) is 8.23. The van der Waals surface area contributed by atoms with Crippen molar-refractivity contribution in [3.05, 3.63) is 23.8 Å². The summed E-state index contributed by atoms with van der Waals surface area (Å²) in [6.07, 6.45) is 2.89. The fraction of sp³-hybridized carbons (Fsp3) is 0.562. The van der Waals surface area contributed by atoms with Crippen molar-refractivity contribution in [3.63, 3.8) is 0 Å². The van der Waals surface area contributed by atoms with Gasteiger partial charge in [-0.1, -0.05) is 6.07 Å². The van der Waals surface area contributed by atoms with Gasteiger partial charge in [0.1, 0.15) is 0 Å². The molecular formula is C16H25N3O2. The normalized spacial score (nSPS) is 16.9. The highest BCUT2D eigenvalue weighted by molar-refractivity contribution is 5.92. The summed E-state index contributed by atoms with van der Waals surface area (Å²) in [6.45, 7) is 4.67. The maximum atomic E-state index is 12.0. The number of hydrogen-bond donors (Lipinski definition) is 3. The first-order valence-corrected chi connectivity index (χ1v) is 7.61. The van der Waals surface area contributed by atoms with Crippen molar-refractivity contribution in [2.24, 2.45) is 0 Å². The van der Waals surface area contributed by atoms with Gasteiger partial charge in [0.2, 0.25) is 5.91 Å². The SMILES string of the molecule is Cc1c(N)cccc1NC(=O)CCCN1CCC(O)CC1. The van der Waals surface area contributed by atoms with Crippen molar-refractivity contribution >= 4 is 17.3 Å². The third-order valence-electron chi connectivity index (χ3n) is 4.09. The fourth-order valence-corrected chi connectivity index (χ4v) is 2.61. The number of piperidine rings is 1. The van der Waals surface area contributed by atoms with E-state index in [0.717, 1.165) is 50.1 Å². The molecule has 116 valence electrons.